The van der Waals surface area contributed by atoms with Crippen LogP contribution in [0.3, 0.4) is 0 Å². The quantitative estimate of drug-likeness (QED) is 0.626. The van der Waals surface area contributed by atoms with Crippen LogP contribution in [0.15, 0.2) is 22.7 Å². The number of amides is 2. The van der Waals surface area contributed by atoms with Crippen LogP contribution in [0.1, 0.15) is 31.9 Å². The van der Waals surface area contributed by atoms with Crippen LogP contribution in [-0.4, -0.2) is 51.1 Å². The summed E-state index contributed by atoms with van der Waals surface area (Å²) in [7, 11) is 2.27. The molecular formula is C18H18BrN3O3S2. The molecule has 27 heavy (non-hydrogen) atoms. The van der Waals surface area contributed by atoms with E-state index in [4.69, 9.17) is 22.5 Å². The Labute approximate surface area is 173 Å². The standard InChI is InChI=1S/C18H18BrN3O3S2/c1-16(20-3)9-18-15(24)21(4)17(2,27(18)26)14(23)22(18)13(16)11-8-10(25-5)6-7-12(11)19/h6-8,13H,9H2,1-2,4-5H3/t13?,16-,17-,18-,27?/m0/s1. The molecule has 3 saturated heterocycles. The van der Waals surface area contributed by atoms with Gasteiger partial charge in [-0.1, -0.05) is 15.9 Å². The highest BCUT2D eigenvalue weighted by molar-refractivity contribution is 9.10. The third-order valence-corrected chi connectivity index (χ3v) is 11.0. The molecule has 1 aromatic carbocycles. The van der Waals surface area contributed by atoms with E-state index in [2.05, 4.69) is 20.8 Å². The normalized spacial score (nSPS) is 39.7. The van der Waals surface area contributed by atoms with Gasteiger partial charge in [-0.05, 0) is 45.8 Å². The van der Waals surface area contributed by atoms with Gasteiger partial charge in [-0.15, -0.1) is 0 Å². The first-order valence-electron chi connectivity index (χ1n) is 8.35. The number of halogens is 1. The van der Waals surface area contributed by atoms with E-state index < -0.39 is 30.8 Å². The lowest BCUT2D eigenvalue weighted by Gasteiger charge is -2.39. The molecule has 3 fully saturated rings. The number of nitrogens with zero attached hydrogens (tertiary/aromatic N) is 3. The minimum Gasteiger partial charge on any atom is -0.497 e. The molecule has 0 aliphatic carbocycles. The van der Waals surface area contributed by atoms with Gasteiger partial charge in [-0.3, -0.25) is 9.59 Å². The smallest absolute Gasteiger partial charge is 0.261 e. The second-order valence-electron chi connectivity index (χ2n) is 7.51. The third-order valence-electron chi connectivity index (χ3n) is 6.15. The second kappa shape index (κ2) is 5.52. The maximum absolute atomic E-state index is 13.5. The Morgan fingerprint density at radius 2 is 2.04 bits per heavy atom. The molecule has 0 saturated carbocycles. The van der Waals surface area contributed by atoms with Crippen molar-refractivity contribution in [2.75, 3.05) is 14.2 Å². The van der Waals surface area contributed by atoms with E-state index in [0.717, 1.165) is 10.0 Å². The molecule has 3 aliphatic rings. The Kier molecular flexibility index (Phi) is 3.85. The molecular weight excluding hydrogens is 450 g/mol. The summed E-state index contributed by atoms with van der Waals surface area (Å²) in [5.41, 5.74) is -0.201. The summed E-state index contributed by atoms with van der Waals surface area (Å²) in [4.78, 5) is 31.6. The molecule has 3 aliphatic heterocycles. The van der Waals surface area contributed by atoms with Gasteiger partial charge in [0, 0.05) is 24.0 Å². The van der Waals surface area contributed by atoms with Crippen molar-refractivity contribution in [1.82, 2.24) is 9.80 Å². The van der Waals surface area contributed by atoms with Crippen molar-refractivity contribution in [1.29, 1.82) is 0 Å². The van der Waals surface area contributed by atoms with Crippen molar-refractivity contribution < 1.29 is 14.3 Å². The van der Waals surface area contributed by atoms with Crippen molar-refractivity contribution in [2.45, 2.75) is 41.6 Å². The van der Waals surface area contributed by atoms with Crippen molar-refractivity contribution in [3.8, 4) is 5.75 Å². The Balaban J connectivity index is 2.00. The number of rotatable bonds is 2. The van der Waals surface area contributed by atoms with E-state index in [-0.39, 0.29) is 18.2 Å². The number of ether oxygens (including phenoxy) is 1. The zero-order valence-corrected chi connectivity index (χ0v) is 18.5. The Hall–Kier alpha value is -1.50. The van der Waals surface area contributed by atoms with Gasteiger partial charge in [0.15, 0.2) is 9.74 Å². The van der Waals surface area contributed by atoms with Crippen LogP contribution in [0.4, 0.5) is 0 Å². The number of benzene rings is 1. The average Bonchev–Trinajstić information content (AvgIpc) is 3.08. The number of methoxy groups -OCH3 is 1. The van der Waals surface area contributed by atoms with Crippen LogP contribution >= 0.6 is 15.9 Å². The molecule has 2 unspecified atom stereocenters. The number of hydrogen-bond donors (Lipinski definition) is 0. The van der Waals surface area contributed by atoms with E-state index in [0.29, 0.717) is 5.75 Å². The van der Waals surface area contributed by atoms with Crippen LogP contribution < -0.4 is 4.74 Å². The molecule has 1 aromatic rings. The first-order valence-corrected chi connectivity index (χ1v) is 11.3. The number of likely N-dealkylation sites (N-methyl/N-ethyl adjacent to an activating group) is 1. The maximum atomic E-state index is 13.5. The fourth-order valence-corrected chi connectivity index (χ4v) is 8.61. The second-order valence-corrected chi connectivity index (χ2v) is 11.4. The number of hydrogen-bond acceptors (Lipinski definition) is 4. The van der Waals surface area contributed by atoms with Crippen molar-refractivity contribution in [3.05, 3.63) is 39.7 Å². The van der Waals surface area contributed by atoms with E-state index in [1.807, 2.05) is 25.1 Å². The summed E-state index contributed by atoms with van der Waals surface area (Å²) in [6.07, 6.45) is 0.245. The largest absolute Gasteiger partial charge is 0.497 e. The van der Waals surface area contributed by atoms with Gasteiger partial charge in [-0.2, -0.15) is 0 Å². The van der Waals surface area contributed by atoms with Gasteiger partial charge in [-0.25, -0.2) is 6.57 Å². The molecule has 2 amide bonds. The summed E-state index contributed by atoms with van der Waals surface area (Å²) in [6.45, 7) is 11.4. The molecule has 9 heteroatoms. The molecule has 142 valence electrons. The molecule has 5 atom stereocenters. The lowest BCUT2D eigenvalue weighted by Crippen LogP contribution is -2.60. The van der Waals surface area contributed by atoms with E-state index in [1.54, 1.807) is 26.0 Å². The van der Waals surface area contributed by atoms with Gasteiger partial charge >= 0.3 is 0 Å². The van der Waals surface area contributed by atoms with Gasteiger partial charge in [0.1, 0.15) is 11.8 Å². The summed E-state index contributed by atoms with van der Waals surface area (Å²) < 4.78 is 6.12. The highest BCUT2D eigenvalue weighted by Gasteiger charge is 2.82. The zero-order valence-electron chi connectivity index (χ0n) is 15.3. The lowest BCUT2D eigenvalue weighted by atomic mass is 9.87. The SMILES string of the molecule is [C-]#[N+][C@@]1(C)C[C@]23C(=O)N(C)[C@](C)(C(=O)N2C1c1cc(OC)ccc1Br)S3=S. The summed E-state index contributed by atoms with van der Waals surface area (Å²) in [6, 6.07) is 4.90. The van der Waals surface area contributed by atoms with Gasteiger partial charge in [0.05, 0.1) is 13.5 Å². The van der Waals surface area contributed by atoms with Crippen LogP contribution in [0, 0.1) is 6.57 Å². The summed E-state index contributed by atoms with van der Waals surface area (Å²) >= 11 is 9.34. The van der Waals surface area contributed by atoms with Crippen molar-refractivity contribution in [2.24, 2.45) is 0 Å². The van der Waals surface area contributed by atoms with Gasteiger partial charge in [0.25, 0.3) is 17.4 Å². The van der Waals surface area contributed by atoms with Crippen LogP contribution in [0.2, 0.25) is 0 Å². The molecule has 0 aromatic heterocycles. The number of carbonyl (C=O) groups is 2. The fourth-order valence-electron chi connectivity index (χ4n) is 4.64. The van der Waals surface area contributed by atoms with Crippen LogP contribution in [-0.2, 0) is 30.2 Å². The number of piperazine rings is 1. The van der Waals surface area contributed by atoms with Gasteiger partial charge < -0.3 is 19.4 Å². The predicted octanol–water partition coefficient (Wildman–Crippen LogP) is 2.39. The van der Waals surface area contributed by atoms with Gasteiger partial charge in [0.2, 0.25) is 0 Å². The summed E-state index contributed by atoms with van der Waals surface area (Å²) in [5, 5.41) is 0. The van der Waals surface area contributed by atoms with Crippen molar-refractivity contribution in [3.63, 3.8) is 0 Å². The highest BCUT2D eigenvalue weighted by atomic mass is 79.9. The predicted molar refractivity (Wildman–Crippen MR) is 109 cm³/mol. The lowest BCUT2D eigenvalue weighted by molar-refractivity contribution is -0.159. The van der Waals surface area contributed by atoms with E-state index in [1.165, 1.54) is 4.90 Å². The molecule has 2 bridgehead atoms. The summed E-state index contributed by atoms with van der Waals surface area (Å²) in [5.74, 6) is 0.305. The van der Waals surface area contributed by atoms with Crippen molar-refractivity contribution >= 4 is 48.4 Å². The van der Waals surface area contributed by atoms with Crippen LogP contribution in [0.5, 0.6) is 5.75 Å². The Morgan fingerprint density at radius 3 is 2.63 bits per heavy atom. The Bertz CT molecular complexity index is 979. The molecule has 0 N–H and O–H groups in total. The first kappa shape index (κ1) is 18.8. The molecule has 3 heterocycles. The highest BCUT2D eigenvalue weighted by Crippen LogP contribution is 2.63. The minimum absolute atomic E-state index is 0.153. The molecule has 6 nitrogen and oxygen atoms in total. The number of fused-ring (bicyclic) bond motifs is 1. The third kappa shape index (κ3) is 1.91. The van der Waals surface area contributed by atoms with E-state index in [9.17, 15) is 9.59 Å². The van der Waals surface area contributed by atoms with Crippen LogP contribution in [0.25, 0.3) is 4.85 Å². The average molecular weight is 468 g/mol. The number of carbonyl (C=O) groups excluding carboxylic acids is 2. The monoisotopic (exact) mass is 467 g/mol. The first-order chi connectivity index (χ1) is 12.6. The molecule has 0 radical (unpaired) electrons. The zero-order chi connectivity index (χ0) is 19.9. The van der Waals surface area contributed by atoms with E-state index >= 15 is 0 Å². The topological polar surface area (TPSA) is 54.2 Å². The maximum Gasteiger partial charge on any atom is 0.261 e. The fraction of sp³-hybridized carbons (Fsp3) is 0.500. The molecule has 4 rings (SSSR count). The molecule has 1 spiro atoms. The minimum atomic E-state index is -1.12. The Morgan fingerprint density at radius 1 is 1.37 bits per heavy atom.